The number of nitrogens with two attached hydrogens (primary N) is 1. The molecule has 6 heteroatoms. The molecule has 0 bridgehead atoms. The summed E-state index contributed by atoms with van der Waals surface area (Å²) in [6.45, 7) is 5.47. The summed E-state index contributed by atoms with van der Waals surface area (Å²) >= 11 is 0. The lowest BCUT2D eigenvalue weighted by Gasteiger charge is -2.23. The van der Waals surface area contributed by atoms with Crippen molar-refractivity contribution in [2.45, 2.75) is 38.0 Å². The lowest BCUT2D eigenvalue weighted by molar-refractivity contribution is 0.315. The Bertz CT molecular complexity index is 555. The van der Waals surface area contributed by atoms with Crippen molar-refractivity contribution in [3.63, 3.8) is 0 Å². The minimum Gasteiger partial charge on any atom is -0.398 e. The van der Waals surface area contributed by atoms with Crippen LogP contribution in [0, 0.1) is 5.41 Å². The average molecular weight is 283 g/mol. The van der Waals surface area contributed by atoms with Gasteiger partial charge in [-0.15, -0.1) is 0 Å². The van der Waals surface area contributed by atoms with Crippen molar-refractivity contribution in [1.29, 1.82) is 0 Å². The first-order valence-corrected chi connectivity index (χ1v) is 7.97. The zero-order valence-corrected chi connectivity index (χ0v) is 12.3. The van der Waals surface area contributed by atoms with Crippen LogP contribution in [0.1, 0.15) is 33.1 Å². The Morgan fingerprint density at radius 3 is 2.74 bits per heavy atom. The Balaban J connectivity index is 2.28. The number of pyridine rings is 1. The lowest BCUT2D eigenvalue weighted by atomic mass is 9.85. The maximum absolute atomic E-state index is 12.6. The fourth-order valence-electron chi connectivity index (χ4n) is 2.38. The van der Waals surface area contributed by atoms with Crippen LogP contribution in [0.25, 0.3) is 0 Å². The van der Waals surface area contributed by atoms with E-state index in [-0.39, 0.29) is 16.0 Å². The van der Waals surface area contributed by atoms with E-state index in [1.165, 1.54) is 22.8 Å². The van der Waals surface area contributed by atoms with E-state index in [4.69, 9.17) is 5.73 Å². The van der Waals surface area contributed by atoms with Gasteiger partial charge < -0.3 is 5.73 Å². The molecule has 1 saturated heterocycles. The molecule has 0 radical (unpaired) electrons. The third-order valence-electron chi connectivity index (χ3n) is 3.73. The summed E-state index contributed by atoms with van der Waals surface area (Å²) in [7, 11) is -3.52. The van der Waals surface area contributed by atoms with Crippen LogP contribution in [0.3, 0.4) is 0 Å². The van der Waals surface area contributed by atoms with Crippen molar-refractivity contribution in [2.24, 2.45) is 5.41 Å². The highest BCUT2D eigenvalue weighted by Crippen LogP contribution is 2.32. The predicted octanol–water partition coefficient (Wildman–Crippen LogP) is 1.86. The van der Waals surface area contributed by atoms with Gasteiger partial charge in [-0.05, 0) is 30.7 Å². The molecule has 106 valence electrons. The topological polar surface area (TPSA) is 76.3 Å². The number of nitrogens with zero attached hydrogens (tertiary/aromatic N) is 2. The first-order chi connectivity index (χ1) is 8.83. The van der Waals surface area contributed by atoms with E-state index in [9.17, 15) is 8.42 Å². The van der Waals surface area contributed by atoms with Gasteiger partial charge in [0, 0.05) is 25.5 Å². The normalized spacial score (nSPS) is 20.9. The second kappa shape index (κ2) is 5.09. The van der Waals surface area contributed by atoms with Crippen molar-refractivity contribution < 1.29 is 8.42 Å². The van der Waals surface area contributed by atoms with Gasteiger partial charge in [0.05, 0.1) is 5.69 Å². The Hall–Kier alpha value is -1.14. The molecule has 1 aliphatic rings. The zero-order valence-electron chi connectivity index (χ0n) is 11.5. The zero-order chi connectivity index (χ0) is 14.1. The number of hydrogen-bond acceptors (Lipinski definition) is 4. The molecule has 1 aliphatic heterocycles. The van der Waals surface area contributed by atoms with Gasteiger partial charge >= 0.3 is 0 Å². The fraction of sp³-hybridized carbons (Fsp3) is 0.615. The third kappa shape index (κ3) is 3.06. The summed E-state index contributed by atoms with van der Waals surface area (Å²) in [6, 6.07) is 1.52. The van der Waals surface area contributed by atoms with Crippen LogP contribution < -0.4 is 5.73 Å². The molecule has 0 saturated carbocycles. The molecule has 0 amide bonds. The summed E-state index contributed by atoms with van der Waals surface area (Å²) in [5, 5.41) is 0. The molecule has 1 aromatic rings. The van der Waals surface area contributed by atoms with Crippen molar-refractivity contribution in [3.8, 4) is 0 Å². The van der Waals surface area contributed by atoms with Gasteiger partial charge in [-0.2, -0.15) is 4.31 Å². The van der Waals surface area contributed by atoms with Crippen molar-refractivity contribution in [1.82, 2.24) is 9.29 Å². The predicted molar refractivity (Wildman–Crippen MR) is 75.0 cm³/mol. The third-order valence-corrected chi connectivity index (χ3v) is 5.68. The van der Waals surface area contributed by atoms with Gasteiger partial charge in [0.1, 0.15) is 4.90 Å². The molecule has 0 atom stereocenters. The van der Waals surface area contributed by atoms with Gasteiger partial charge in [-0.3, -0.25) is 4.98 Å². The van der Waals surface area contributed by atoms with Crippen LogP contribution in [-0.4, -0.2) is 30.8 Å². The van der Waals surface area contributed by atoms with E-state index in [1.54, 1.807) is 0 Å². The highest BCUT2D eigenvalue weighted by Gasteiger charge is 2.31. The summed E-state index contributed by atoms with van der Waals surface area (Å²) in [6.07, 6.45) is 5.63. The smallest absolute Gasteiger partial charge is 0.246 e. The van der Waals surface area contributed by atoms with Gasteiger partial charge in [0.15, 0.2) is 0 Å². The van der Waals surface area contributed by atoms with Crippen LogP contribution >= 0.6 is 0 Å². The molecule has 1 fully saturated rings. The van der Waals surface area contributed by atoms with E-state index in [1.807, 2.05) is 0 Å². The average Bonchev–Trinajstić information content (AvgIpc) is 2.51. The summed E-state index contributed by atoms with van der Waals surface area (Å²) in [5.41, 5.74) is 6.22. The fourth-order valence-corrected chi connectivity index (χ4v) is 3.92. The Morgan fingerprint density at radius 1 is 1.32 bits per heavy atom. The summed E-state index contributed by atoms with van der Waals surface area (Å²) in [5.74, 6) is 0. The molecule has 0 aromatic carbocycles. The standard InChI is InChI=1S/C13H21N3O2S/c1-13(2)5-3-8-16(9-6-13)19(17,18)12-10-15-7-4-11(12)14/h4,7,10H,3,5-6,8-9H2,1-2H3,(H2,14,15). The molecule has 2 heterocycles. The monoisotopic (exact) mass is 283 g/mol. The molecule has 2 rings (SSSR count). The van der Waals surface area contributed by atoms with E-state index < -0.39 is 10.0 Å². The van der Waals surface area contributed by atoms with Crippen molar-refractivity contribution >= 4 is 15.7 Å². The number of nitrogen functional groups attached to an aromatic ring is 1. The molecule has 5 nitrogen and oxygen atoms in total. The summed E-state index contributed by atoms with van der Waals surface area (Å²) in [4.78, 5) is 3.99. The Morgan fingerprint density at radius 2 is 2.05 bits per heavy atom. The number of sulfonamides is 1. The molecular weight excluding hydrogens is 262 g/mol. The Labute approximate surface area is 114 Å². The largest absolute Gasteiger partial charge is 0.398 e. The number of hydrogen-bond donors (Lipinski definition) is 1. The molecule has 0 spiro atoms. The van der Waals surface area contributed by atoms with E-state index in [0.717, 1.165) is 19.3 Å². The summed E-state index contributed by atoms with van der Waals surface area (Å²) < 4.78 is 26.7. The maximum Gasteiger partial charge on any atom is 0.246 e. The van der Waals surface area contributed by atoms with Crippen LogP contribution in [0.15, 0.2) is 23.4 Å². The first-order valence-electron chi connectivity index (χ1n) is 6.53. The molecule has 0 unspecified atom stereocenters. The molecule has 19 heavy (non-hydrogen) atoms. The maximum atomic E-state index is 12.6. The number of anilines is 1. The van der Waals surface area contributed by atoms with E-state index in [2.05, 4.69) is 18.8 Å². The highest BCUT2D eigenvalue weighted by molar-refractivity contribution is 7.89. The minimum atomic E-state index is -3.52. The van der Waals surface area contributed by atoms with Gasteiger partial charge in [0.2, 0.25) is 10.0 Å². The van der Waals surface area contributed by atoms with Crippen LogP contribution in [0.5, 0.6) is 0 Å². The van der Waals surface area contributed by atoms with E-state index in [0.29, 0.717) is 13.1 Å². The van der Waals surface area contributed by atoms with Gasteiger partial charge in [-0.25, -0.2) is 8.42 Å². The SMILES string of the molecule is CC1(C)CCCN(S(=O)(=O)c2cnccc2N)CC1. The van der Waals surface area contributed by atoms with E-state index >= 15 is 0 Å². The van der Waals surface area contributed by atoms with Crippen molar-refractivity contribution in [2.75, 3.05) is 18.8 Å². The molecule has 0 aliphatic carbocycles. The second-order valence-electron chi connectivity index (χ2n) is 5.84. The quantitative estimate of drug-likeness (QED) is 0.899. The van der Waals surface area contributed by atoms with Crippen molar-refractivity contribution in [3.05, 3.63) is 18.5 Å². The molecule has 1 aromatic heterocycles. The Kier molecular flexibility index (Phi) is 3.82. The minimum absolute atomic E-state index is 0.120. The number of rotatable bonds is 2. The molecule has 2 N–H and O–H groups in total. The second-order valence-corrected chi connectivity index (χ2v) is 7.74. The highest BCUT2D eigenvalue weighted by atomic mass is 32.2. The van der Waals surface area contributed by atoms with Crippen LogP contribution in [-0.2, 0) is 10.0 Å². The van der Waals surface area contributed by atoms with Crippen LogP contribution in [0.2, 0.25) is 0 Å². The van der Waals surface area contributed by atoms with Gasteiger partial charge in [-0.1, -0.05) is 13.8 Å². The molecular formula is C13H21N3O2S. The lowest BCUT2D eigenvalue weighted by Crippen LogP contribution is -2.33. The van der Waals surface area contributed by atoms with Gasteiger partial charge in [0.25, 0.3) is 0 Å². The first kappa shape index (κ1) is 14.3. The van der Waals surface area contributed by atoms with Crippen LogP contribution in [0.4, 0.5) is 5.69 Å². The number of aromatic nitrogens is 1.